The van der Waals surface area contributed by atoms with Gasteiger partial charge in [-0.2, -0.15) is 0 Å². The van der Waals surface area contributed by atoms with Gasteiger partial charge in [-0.3, -0.25) is 14.9 Å². The second-order valence-corrected chi connectivity index (χ2v) is 4.42. The lowest BCUT2D eigenvalue weighted by Crippen LogP contribution is -2.36. The molecule has 6 heteroatoms. The molecule has 18 heavy (non-hydrogen) atoms. The fraction of sp³-hybridized carbons (Fsp3) is 0.417. The van der Waals surface area contributed by atoms with Crippen molar-refractivity contribution in [1.82, 2.24) is 5.32 Å². The predicted octanol–water partition coefficient (Wildman–Crippen LogP) is 2.51. The highest BCUT2D eigenvalue weighted by Crippen LogP contribution is 2.19. The summed E-state index contributed by atoms with van der Waals surface area (Å²) in [6, 6.07) is 2.67. The van der Waals surface area contributed by atoms with E-state index in [1.165, 1.54) is 0 Å². The van der Waals surface area contributed by atoms with Gasteiger partial charge in [0.15, 0.2) is 0 Å². The van der Waals surface area contributed by atoms with Crippen molar-refractivity contribution in [1.29, 1.82) is 0 Å². The summed E-state index contributed by atoms with van der Waals surface area (Å²) in [5.74, 6) is -1.13. The Kier molecular flexibility index (Phi) is 4.36. The lowest BCUT2D eigenvalue weighted by atomic mass is 10.1. The molecule has 0 fully saturated rings. The van der Waals surface area contributed by atoms with E-state index in [1.54, 1.807) is 6.92 Å². The van der Waals surface area contributed by atoms with E-state index < -0.39 is 22.3 Å². The van der Waals surface area contributed by atoms with Crippen LogP contribution in [0.4, 0.5) is 10.1 Å². The molecule has 1 aromatic carbocycles. The molecule has 0 radical (unpaired) electrons. The van der Waals surface area contributed by atoms with Crippen LogP contribution < -0.4 is 5.32 Å². The summed E-state index contributed by atoms with van der Waals surface area (Å²) >= 11 is 0. The molecule has 1 rings (SSSR count). The zero-order valence-corrected chi connectivity index (χ0v) is 10.4. The maximum Gasteiger partial charge on any atom is 0.282 e. The van der Waals surface area contributed by atoms with Gasteiger partial charge < -0.3 is 5.32 Å². The van der Waals surface area contributed by atoms with Gasteiger partial charge in [-0.25, -0.2) is 4.39 Å². The molecule has 0 aliphatic carbocycles. The Hall–Kier alpha value is -1.98. The Morgan fingerprint density at radius 3 is 2.50 bits per heavy atom. The summed E-state index contributed by atoms with van der Waals surface area (Å²) in [7, 11) is 0. The van der Waals surface area contributed by atoms with Crippen molar-refractivity contribution in [2.75, 3.05) is 0 Å². The standard InChI is InChI=1S/C12H15FN2O3/c1-7(2)8(3)14-12(16)10-6-9(13)4-5-11(10)15(17)18/h4-8H,1-3H3,(H,14,16). The Bertz CT molecular complexity index is 474. The number of nitro groups is 1. The van der Waals surface area contributed by atoms with Crippen LogP contribution in [0.3, 0.4) is 0 Å². The fourth-order valence-corrected chi connectivity index (χ4v) is 1.30. The number of benzene rings is 1. The van der Waals surface area contributed by atoms with Gasteiger partial charge in [0, 0.05) is 12.1 Å². The van der Waals surface area contributed by atoms with Gasteiger partial charge in [0.05, 0.1) is 4.92 Å². The van der Waals surface area contributed by atoms with Crippen LogP contribution in [0.25, 0.3) is 0 Å². The first-order valence-corrected chi connectivity index (χ1v) is 5.57. The van der Waals surface area contributed by atoms with E-state index in [-0.39, 0.29) is 17.5 Å². The summed E-state index contributed by atoms with van der Waals surface area (Å²) in [5.41, 5.74) is -0.655. The topological polar surface area (TPSA) is 72.2 Å². The number of carbonyl (C=O) groups excluding carboxylic acids is 1. The average molecular weight is 254 g/mol. The molecule has 0 aromatic heterocycles. The summed E-state index contributed by atoms with van der Waals surface area (Å²) < 4.78 is 13.1. The first-order valence-electron chi connectivity index (χ1n) is 5.57. The molecule has 5 nitrogen and oxygen atoms in total. The van der Waals surface area contributed by atoms with Crippen LogP contribution >= 0.6 is 0 Å². The van der Waals surface area contributed by atoms with Crippen LogP contribution in [0.15, 0.2) is 18.2 Å². The minimum atomic E-state index is -0.700. The molecule has 0 saturated heterocycles. The van der Waals surface area contributed by atoms with Crippen molar-refractivity contribution in [2.24, 2.45) is 5.92 Å². The lowest BCUT2D eigenvalue weighted by molar-refractivity contribution is -0.385. The van der Waals surface area contributed by atoms with E-state index in [1.807, 2.05) is 13.8 Å². The van der Waals surface area contributed by atoms with Gasteiger partial charge >= 0.3 is 0 Å². The van der Waals surface area contributed by atoms with Crippen molar-refractivity contribution in [3.8, 4) is 0 Å². The van der Waals surface area contributed by atoms with Crippen molar-refractivity contribution in [3.63, 3.8) is 0 Å². The van der Waals surface area contributed by atoms with Gasteiger partial charge in [-0.15, -0.1) is 0 Å². The fourth-order valence-electron chi connectivity index (χ4n) is 1.30. The molecule has 0 aliphatic rings. The number of rotatable bonds is 4. The highest BCUT2D eigenvalue weighted by Gasteiger charge is 2.22. The zero-order chi connectivity index (χ0) is 13.9. The predicted molar refractivity (Wildman–Crippen MR) is 64.8 cm³/mol. The molecule has 1 N–H and O–H groups in total. The lowest BCUT2D eigenvalue weighted by Gasteiger charge is -2.17. The van der Waals surface area contributed by atoms with Crippen LogP contribution in [0.5, 0.6) is 0 Å². The Labute approximate surface area is 104 Å². The molecule has 0 saturated carbocycles. The minimum Gasteiger partial charge on any atom is -0.349 e. The minimum absolute atomic E-state index is 0.152. The highest BCUT2D eigenvalue weighted by molar-refractivity contribution is 5.98. The second kappa shape index (κ2) is 5.57. The van der Waals surface area contributed by atoms with Gasteiger partial charge in [-0.05, 0) is 25.0 Å². The molecule has 1 unspecified atom stereocenters. The van der Waals surface area contributed by atoms with E-state index in [4.69, 9.17) is 0 Å². The number of nitrogens with one attached hydrogen (secondary N) is 1. The molecule has 0 bridgehead atoms. The summed E-state index contributed by atoms with van der Waals surface area (Å²) in [6.07, 6.45) is 0. The van der Waals surface area contributed by atoms with Gasteiger partial charge in [0.25, 0.3) is 11.6 Å². The van der Waals surface area contributed by atoms with Gasteiger partial charge in [-0.1, -0.05) is 13.8 Å². The Morgan fingerprint density at radius 1 is 1.39 bits per heavy atom. The van der Waals surface area contributed by atoms with E-state index in [2.05, 4.69) is 5.32 Å². The molecule has 1 atom stereocenters. The van der Waals surface area contributed by atoms with Crippen molar-refractivity contribution >= 4 is 11.6 Å². The van der Waals surface area contributed by atoms with E-state index >= 15 is 0 Å². The number of amides is 1. The summed E-state index contributed by atoms with van der Waals surface area (Å²) in [5, 5.41) is 13.4. The van der Waals surface area contributed by atoms with Crippen LogP contribution in [0, 0.1) is 21.8 Å². The van der Waals surface area contributed by atoms with Crippen molar-refractivity contribution in [3.05, 3.63) is 39.7 Å². The number of carbonyl (C=O) groups is 1. The number of nitro benzene ring substituents is 1. The summed E-state index contributed by atoms with van der Waals surface area (Å²) in [4.78, 5) is 21.9. The first kappa shape index (κ1) is 14.1. The summed E-state index contributed by atoms with van der Waals surface area (Å²) in [6.45, 7) is 5.60. The number of hydrogen-bond acceptors (Lipinski definition) is 3. The maximum absolute atomic E-state index is 13.1. The maximum atomic E-state index is 13.1. The first-order chi connectivity index (χ1) is 8.32. The third-order valence-electron chi connectivity index (χ3n) is 2.76. The van der Waals surface area contributed by atoms with Crippen LogP contribution in [-0.2, 0) is 0 Å². The molecule has 1 amide bonds. The van der Waals surface area contributed by atoms with Crippen molar-refractivity contribution < 1.29 is 14.1 Å². The van der Waals surface area contributed by atoms with Gasteiger partial charge in [0.2, 0.25) is 0 Å². The van der Waals surface area contributed by atoms with Gasteiger partial charge in [0.1, 0.15) is 11.4 Å². The Morgan fingerprint density at radius 2 is 2.00 bits per heavy atom. The molecular formula is C12H15FN2O3. The smallest absolute Gasteiger partial charge is 0.282 e. The number of nitrogens with zero attached hydrogens (tertiary/aromatic N) is 1. The molecule has 98 valence electrons. The van der Waals surface area contributed by atoms with E-state index in [0.717, 1.165) is 18.2 Å². The van der Waals surface area contributed by atoms with E-state index in [9.17, 15) is 19.3 Å². The number of halogens is 1. The molecular weight excluding hydrogens is 239 g/mol. The SMILES string of the molecule is CC(C)C(C)NC(=O)c1cc(F)ccc1[N+](=O)[O-]. The van der Waals surface area contributed by atoms with Crippen LogP contribution in [0.1, 0.15) is 31.1 Å². The molecule has 0 spiro atoms. The normalized spacial score (nSPS) is 12.3. The molecule has 1 aromatic rings. The average Bonchev–Trinajstić information content (AvgIpc) is 2.28. The van der Waals surface area contributed by atoms with Crippen LogP contribution in [0.2, 0.25) is 0 Å². The third kappa shape index (κ3) is 3.26. The van der Waals surface area contributed by atoms with Crippen molar-refractivity contribution in [2.45, 2.75) is 26.8 Å². The second-order valence-electron chi connectivity index (χ2n) is 4.42. The Balaban J connectivity index is 3.04. The third-order valence-corrected chi connectivity index (χ3v) is 2.76. The largest absolute Gasteiger partial charge is 0.349 e. The number of hydrogen-bond donors (Lipinski definition) is 1. The highest BCUT2D eigenvalue weighted by atomic mass is 19.1. The molecule has 0 aliphatic heterocycles. The van der Waals surface area contributed by atoms with E-state index in [0.29, 0.717) is 0 Å². The zero-order valence-electron chi connectivity index (χ0n) is 10.4. The quantitative estimate of drug-likeness (QED) is 0.662. The molecule has 0 heterocycles. The monoisotopic (exact) mass is 254 g/mol. The van der Waals surface area contributed by atoms with Crippen LogP contribution in [-0.4, -0.2) is 16.9 Å².